The van der Waals surface area contributed by atoms with E-state index in [1.54, 1.807) is 27.3 Å². The number of nitrogens with one attached hydrogen (secondary N) is 1. The van der Waals surface area contributed by atoms with Gasteiger partial charge >= 0.3 is 11.8 Å². The maximum absolute atomic E-state index is 13.3. The van der Waals surface area contributed by atoms with Crippen LogP contribution in [0.4, 0.5) is 4.79 Å². The van der Waals surface area contributed by atoms with Crippen molar-refractivity contribution in [3.05, 3.63) is 69.2 Å². The Balaban J connectivity index is 1.56. The minimum atomic E-state index is -0.557. The Morgan fingerprint density at radius 3 is 2.63 bits per heavy atom. The predicted octanol–water partition coefficient (Wildman–Crippen LogP) is 4.52. The van der Waals surface area contributed by atoms with Gasteiger partial charge in [-0.05, 0) is 56.7 Å². The number of nitrogens with zero attached hydrogens (tertiary/aromatic N) is 4. The minimum absolute atomic E-state index is 0.142. The van der Waals surface area contributed by atoms with E-state index < -0.39 is 5.60 Å². The molecule has 0 aliphatic carbocycles. The van der Waals surface area contributed by atoms with Crippen molar-refractivity contribution in [2.45, 2.75) is 32.4 Å². The molecule has 3 heterocycles. The van der Waals surface area contributed by atoms with E-state index >= 15 is 0 Å². The van der Waals surface area contributed by atoms with Crippen molar-refractivity contribution in [1.82, 2.24) is 24.3 Å². The molecule has 1 amide bonds. The fourth-order valence-corrected chi connectivity index (χ4v) is 4.96. The molecule has 0 bridgehead atoms. The largest absolute Gasteiger partial charge is 0.444 e. The molecule has 2 aromatic heterocycles. The maximum atomic E-state index is 13.3. The van der Waals surface area contributed by atoms with Crippen LogP contribution in [0.15, 0.2) is 57.9 Å². The van der Waals surface area contributed by atoms with Crippen LogP contribution in [0.1, 0.15) is 32.4 Å². The van der Waals surface area contributed by atoms with Gasteiger partial charge in [0.2, 0.25) is 0 Å². The van der Waals surface area contributed by atoms with Crippen molar-refractivity contribution in [2.75, 3.05) is 19.6 Å². The molecule has 1 aliphatic heterocycles. The van der Waals surface area contributed by atoms with Gasteiger partial charge in [0.25, 0.3) is 0 Å². The fraction of sp³-hybridized carbons (Fsp3) is 0.346. The van der Waals surface area contributed by atoms with Gasteiger partial charge in [-0.1, -0.05) is 28.1 Å². The lowest BCUT2D eigenvalue weighted by Crippen LogP contribution is -2.50. The molecule has 0 saturated carbocycles. The molecule has 5 rings (SSSR count). The molecule has 35 heavy (non-hydrogen) atoms. The zero-order chi connectivity index (χ0) is 24.9. The van der Waals surface area contributed by atoms with Crippen LogP contribution in [0.3, 0.4) is 0 Å². The minimum Gasteiger partial charge on any atom is -0.444 e. The summed E-state index contributed by atoms with van der Waals surface area (Å²) in [7, 11) is 1.76. The fourth-order valence-electron chi connectivity index (χ4n) is 4.60. The molecule has 4 aromatic rings. The second-order valence-electron chi connectivity index (χ2n) is 9.82. The number of aromatic nitrogens is 3. The van der Waals surface area contributed by atoms with Gasteiger partial charge in [0.15, 0.2) is 0 Å². The summed E-state index contributed by atoms with van der Waals surface area (Å²) in [6.07, 6.45) is 1.42. The highest BCUT2D eigenvalue weighted by atomic mass is 79.9. The number of halogens is 1. The number of carbonyl (C=O) groups excluding carboxylic acids is 1. The third-order valence-corrected chi connectivity index (χ3v) is 6.75. The number of hydrogen-bond acceptors (Lipinski definition) is 5. The van der Waals surface area contributed by atoms with E-state index in [9.17, 15) is 9.59 Å². The Morgan fingerprint density at radius 2 is 1.91 bits per heavy atom. The second-order valence-corrected chi connectivity index (χ2v) is 10.7. The number of pyridine rings is 1. The van der Waals surface area contributed by atoms with E-state index in [4.69, 9.17) is 4.74 Å². The Hall–Kier alpha value is -3.17. The van der Waals surface area contributed by atoms with E-state index in [-0.39, 0.29) is 17.8 Å². The maximum Gasteiger partial charge on any atom is 0.410 e. The van der Waals surface area contributed by atoms with E-state index in [0.29, 0.717) is 13.1 Å². The van der Waals surface area contributed by atoms with Crippen molar-refractivity contribution >= 4 is 44.0 Å². The zero-order valence-electron chi connectivity index (χ0n) is 20.2. The molecule has 0 spiro atoms. The van der Waals surface area contributed by atoms with Crippen LogP contribution in [0, 0.1) is 0 Å². The zero-order valence-corrected chi connectivity index (χ0v) is 21.8. The summed E-state index contributed by atoms with van der Waals surface area (Å²) < 4.78 is 9.90. The van der Waals surface area contributed by atoms with Crippen LogP contribution in [-0.2, 0) is 11.8 Å². The smallest absolute Gasteiger partial charge is 0.410 e. The Bertz CT molecular complexity index is 1480. The number of rotatable bonds is 2. The number of imidazole rings is 1. The lowest BCUT2D eigenvalue weighted by molar-refractivity contribution is 0.0118. The second kappa shape index (κ2) is 8.80. The third-order valence-electron chi connectivity index (χ3n) is 6.25. The van der Waals surface area contributed by atoms with Crippen molar-refractivity contribution in [3.8, 4) is 5.69 Å². The predicted molar refractivity (Wildman–Crippen MR) is 140 cm³/mol. The Labute approximate surface area is 211 Å². The Kier molecular flexibility index (Phi) is 5.93. The summed E-state index contributed by atoms with van der Waals surface area (Å²) in [4.78, 5) is 32.4. The van der Waals surface area contributed by atoms with E-state index in [1.165, 1.54) is 0 Å². The van der Waals surface area contributed by atoms with Crippen LogP contribution in [-0.4, -0.2) is 50.3 Å². The van der Waals surface area contributed by atoms with Crippen molar-refractivity contribution < 1.29 is 9.53 Å². The van der Waals surface area contributed by atoms with Crippen LogP contribution in [0.2, 0.25) is 0 Å². The number of amides is 1. The SMILES string of the molecule is Cn1c(=O)n(-c2ccc(C3CNCCN3C(=O)OC(C)(C)C)cc2)c2c3cc(Br)ccc3ncc21. The number of hydrogen-bond donors (Lipinski definition) is 1. The number of fused-ring (bicyclic) bond motifs is 3. The van der Waals surface area contributed by atoms with Crippen molar-refractivity contribution in [2.24, 2.45) is 7.05 Å². The standard InChI is InChI=1S/C26H28BrN5O3/c1-26(2,3)35-25(34)31-12-11-28-14-21(31)16-5-8-18(9-6-16)32-23-19-13-17(27)7-10-20(19)29-15-22(23)30(4)24(32)33/h5-10,13,15,21,28H,11-12,14H2,1-4H3. The summed E-state index contributed by atoms with van der Waals surface area (Å²) in [5.41, 5.74) is 3.43. The lowest BCUT2D eigenvalue weighted by atomic mass is 10.0. The number of piperazine rings is 1. The van der Waals surface area contributed by atoms with Crippen LogP contribution < -0.4 is 11.0 Å². The summed E-state index contributed by atoms with van der Waals surface area (Å²) in [6, 6.07) is 13.5. The lowest BCUT2D eigenvalue weighted by Gasteiger charge is -2.37. The number of ether oxygens (including phenoxy) is 1. The van der Waals surface area contributed by atoms with Gasteiger partial charge in [0.1, 0.15) is 5.60 Å². The van der Waals surface area contributed by atoms with Gasteiger partial charge in [0.05, 0.1) is 34.5 Å². The first kappa shape index (κ1) is 23.6. The summed E-state index contributed by atoms with van der Waals surface area (Å²) >= 11 is 3.54. The van der Waals surface area contributed by atoms with Crippen molar-refractivity contribution in [3.63, 3.8) is 0 Å². The van der Waals surface area contributed by atoms with E-state index in [0.717, 1.165) is 44.2 Å². The molecule has 1 N–H and O–H groups in total. The first-order chi connectivity index (χ1) is 16.6. The molecule has 2 aromatic carbocycles. The number of benzene rings is 2. The molecule has 8 nitrogen and oxygen atoms in total. The highest BCUT2D eigenvalue weighted by Gasteiger charge is 2.31. The molecule has 1 saturated heterocycles. The molecule has 1 fully saturated rings. The third kappa shape index (κ3) is 4.34. The molecule has 9 heteroatoms. The van der Waals surface area contributed by atoms with Gasteiger partial charge in [-0.3, -0.25) is 19.0 Å². The van der Waals surface area contributed by atoms with Crippen LogP contribution >= 0.6 is 15.9 Å². The highest BCUT2D eigenvalue weighted by Crippen LogP contribution is 2.29. The normalized spacial score (nSPS) is 16.7. The van der Waals surface area contributed by atoms with E-state index in [2.05, 4.69) is 26.2 Å². The highest BCUT2D eigenvalue weighted by molar-refractivity contribution is 9.10. The topological polar surface area (TPSA) is 81.4 Å². The van der Waals surface area contributed by atoms with Crippen molar-refractivity contribution in [1.29, 1.82) is 0 Å². The number of aryl methyl sites for hydroxylation is 1. The van der Waals surface area contributed by atoms with Gasteiger partial charge in [-0.25, -0.2) is 9.59 Å². The average Bonchev–Trinajstić information content (AvgIpc) is 3.08. The molecule has 182 valence electrons. The van der Waals surface area contributed by atoms with Gasteiger partial charge in [0, 0.05) is 36.5 Å². The summed E-state index contributed by atoms with van der Waals surface area (Å²) in [5.74, 6) is 0. The first-order valence-corrected chi connectivity index (χ1v) is 12.4. The Morgan fingerprint density at radius 1 is 1.17 bits per heavy atom. The molecular weight excluding hydrogens is 510 g/mol. The number of carbonyl (C=O) groups is 1. The summed E-state index contributed by atoms with van der Waals surface area (Å²) in [5, 5.41) is 4.26. The molecule has 1 aliphatic rings. The van der Waals surface area contributed by atoms with E-state index in [1.807, 2.05) is 63.2 Å². The quantitative estimate of drug-likeness (QED) is 0.406. The van der Waals surface area contributed by atoms with Crippen LogP contribution in [0.25, 0.3) is 27.6 Å². The average molecular weight is 538 g/mol. The van der Waals surface area contributed by atoms with Gasteiger partial charge in [-0.15, -0.1) is 0 Å². The van der Waals surface area contributed by atoms with Gasteiger partial charge < -0.3 is 10.1 Å². The van der Waals surface area contributed by atoms with Gasteiger partial charge in [-0.2, -0.15) is 0 Å². The monoisotopic (exact) mass is 537 g/mol. The molecule has 0 radical (unpaired) electrons. The molecule has 1 unspecified atom stereocenters. The molecular formula is C26H28BrN5O3. The summed E-state index contributed by atoms with van der Waals surface area (Å²) in [6.45, 7) is 7.54. The first-order valence-electron chi connectivity index (χ1n) is 11.6. The van der Waals surface area contributed by atoms with Crippen LogP contribution in [0.5, 0.6) is 0 Å². The molecule has 1 atom stereocenters.